The minimum Gasteiger partial charge on any atom is -0.452 e. The molecule has 1 aliphatic heterocycles. The van der Waals surface area contributed by atoms with E-state index in [1.165, 1.54) is 16.4 Å². The number of rotatable bonds is 8. The van der Waals surface area contributed by atoms with Crippen molar-refractivity contribution in [3.8, 4) is 0 Å². The number of esters is 1. The topological polar surface area (TPSA) is 92.8 Å². The highest BCUT2D eigenvalue weighted by molar-refractivity contribution is 7.89. The van der Waals surface area contributed by atoms with E-state index in [0.29, 0.717) is 18.7 Å². The molecule has 0 bridgehead atoms. The summed E-state index contributed by atoms with van der Waals surface area (Å²) in [4.78, 5) is 24.3. The molecule has 7 nitrogen and oxygen atoms in total. The van der Waals surface area contributed by atoms with Gasteiger partial charge in [0.25, 0.3) is 5.91 Å². The molecule has 2 rings (SSSR count). The molecule has 28 heavy (non-hydrogen) atoms. The first kappa shape index (κ1) is 22.4. The highest BCUT2D eigenvalue weighted by Gasteiger charge is 2.28. The molecule has 1 heterocycles. The monoisotopic (exact) mass is 410 g/mol. The van der Waals surface area contributed by atoms with Gasteiger partial charge in [-0.1, -0.05) is 25.8 Å². The Labute approximate surface area is 167 Å². The van der Waals surface area contributed by atoms with Crippen molar-refractivity contribution >= 4 is 21.9 Å². The second-order valence-corrected chi connectivity index (χ2v) is 9.18. The Morgan fingerprint density at radius 3 is 2.54 bits per heavy atom. The third kappa shape index (κ3) is 5.78. The van der Waals surface area contributed by atoms with Crippen molar-refractivity contribution in [1.82, 2.24) is 9.62 Å². The van der Waals surface area contributed by atoms with Crippen LogP contribution in [0.25, 0.3) is 0 Å². The van der Waals surface area contributed by atoms with Crippen LogP contribution in [0.4, 0.5) is 0 Å². The molecule has 0 unspecified atom stereocenters. The lowest BCUT2D eigenvalue weighted by Gasteiger charge is -2.26. The van der Waals surface area contributed by atoms with Gasteiger partial charge in [0, 0.05) is 19.1 Å². The van der Waals surface area contributed by atoms with E-state index in [4.69, 9.17) is 4.74 Å². The van der Waals surface area contributed by atoms with Crippen LogP contribution in [0.5, 0.6) is 0 Å². The molecule has 0 spiro atoms. The van der Waals surface area contributed by atoms with Crippen LogP contribution in [-0.2, 0) is 19.6 Å². The maximum Gasteiger partial charge on any atom is 0.338 e. The molecular weight excluding hydrogens is 380 g/mol. The second kappa shape index (κ2) is 10.0. The molecule has 1 aliphatic rings. The van der Waals surface area contributed by atoms with Crippen LogP contribution in [0.3, 0.4) is 0 Å². The third-order valence-electron chi connectivity index (χ3n) is 4.82. The Balaban J connectivity index is 2.07. The van der Waals surface area contributed by atoms with Crippen molar-refractivity contribution < 1.29 is 22.7 Å². The maximum absolute atomic E-state index is 12.9. The zero-order chi connectivity index (χ0) is 20.7. The summed E-state index contributed by atoms with van der Waals surface area (Å²) in [5.41, 5.74) is 0.698. The number of aryl methyl sites for hydroxylation is 1. The number of hydrogen-bond donors (Lipinski definition) is 1. The standard InChI is InChI=1S/C20H30N2O5S/c1-4-8-16(3)21-19(23)14-27-20(24)17-10-9-15(2)18(13-17)28(25,26)22-11-6-5-7-12-22/h9-10,13,16H,4-8,11-12,14H2,1-3H3,(H,21,23)/t16-/m0/s1. The van der Waals surface area contributed by atoms with E-state index in [-0.39, 0.29) is 22.4 Å². The number of carbonyl (C=O) groups excluding carboxylic acids is 2. The summed E-state index contributed by atoms with van der Waals surface area (Å²) in [5, 5.41) is 2.76. The van der Waals surface area contributed by atoms with Crippen LogP contribution in [0.15, 0.2) is 23.1 Å². The van der Waals surface area contributed by atoms with Gasteiger partial charge in [0.05, 0.1) is 10.5 Å². The molecule has 1 N–H and O–H groups in total. The molecule has 1 aromatic carbocycles. The Morgan fingerprint density at radius 1 is 1.21 bits per heavy atom. The average molecular weight is 411 g/mol. The van der Waals surface area contributed by atoms with Crippen LogP contribution < -0.4 is 5.32 Å². The molecule has 0 saturated carbocycles. The minimum absolute atomic E-state index is 0.0110. The largest absolute Gasteiger partial charge is 0.452 e. The van der Waals surface area contributed by atoms with Crippen molar-refractivity contribution in [2.45, 2.75) is 63.8 Å². The van der Waals surface area contributed by atoms with Gasteiger partial charge < -0.3 is 10.1 Å². The third-order valence-corrected chi connectivity index (χ3v) is 6.86. The lowest BCUT2D eigenvalue weighted by Crippen LogP contribution is -2.36. The molecule has 156 valence electrons. The summed E-state index contributed by atoms with van der Waals surface area (Å²) in [6.45, 7) is 6.21. The highest BCUT2D eigenvalue weighted by atomic mass is 32.2. The fourth-order valence-corrected chi connectivity index (χ4v) is 5.05. The number of sulfonamides is 1. The molecule has 8 heteroatoms. The summed E-state index contributed by atoms with van der Waals surface area (Å²) in [6, 6.07) is 4.47. The lowest BCUT2D eigenvalue weighted by molar-refractivity contribution is -0.124. The number of carbonyl (C=O) groups is 2. The smallest absolute Gasteiger partial charge is 0.338 e. The molecular formula is C20H30N2O5S. The Hall–Kier alpha value is -1.93. The van der Waals surface area contributed by atoms with E-state index in [9.17, 15) is 18.0 Å². The number of benzene rings is 1. The Kier molecular flexibility index (Phi) is 8.00. The van der Waals surface area contributed by atoms with Gasteiger partial charge in [-0.15, -0.1) is 0 Å². The van der Waals surface area contributed by atoms with Crippen molar-refractivity contribution in [1.29, 1.82) is 0 Å². The van der Waals surface area contributed by atoms with Gasteiger partial charge >= 0.3 is 5.97 Å². The van der Waals surface area contributed by atoms with E-state index in [2.05, 4.69) is 5.32 Å². The summed E-state index contributed by atoms with van der Waals surface area (Å²) in [6.07, 6.45) is 4.49. The van der Waals surface area contributed by atoms with Gasteiger partial charge in [0.2, 0.25) is 10.0 Å². The zero-order valence-corrected chi connectivity index (χ0v) is 17.7. The van der Waals surface area contributed by atoms with Crippen molar-refractivity contribution in [3.05, 3.63) is 29.3 Å². The number of hydrogen-bond acceptors (Lipinski definition) is 5. The predicted molar refractivity (Wildman–Crippen MR) is 107 cm³/mol. The molecule has 1 aromatic rings. The molecule has 1 atom stereocenters. The average Bonchev–Trinajstić information content (AvgIpc) is 2.67. The van der Waals surface area contributed by atoms with Crippen LogP contribution >= 0.6 is 0 Å². The fraction of sp³-hybridized carbons (Fsp3) is 0.600. The van der Waals surface area contributed by atoms with E-state index in [1.807, 2.05) is 13.8 Å². The Morgan fingerprint density at radius 2 is 1.89 bits per heavy atom. The van der Waals surface area contributed by atoms with E-state index in [0.717, 1.165) is 32.1 Å². The predicted octanol–water partition coefficient (Wildman–Crippen LogP) is 2.63. The Bertz CT molecular complexity index is 801. The van der Waals surface area contributed by atoms with Crippen molar-refractivity contribution in [2.24, 2.45) is 0 Å². The first-order valence-electron chi connectivity index (χ1n) is 9.83. The summed E-state index contributed by atoms with van der Waals surface area (Å²) >= 11 is 0. The SMILES string of the molecule is CCC[C@H](C)NC(=O)COC(=O)c1ccc(C)c(S(=O)(=O)N2CCCCC2)c1. The molecule has 0 aliphatic carbocycles. The van der Waals surface area contributed by atoms with Gasteiger partial charge in [-0.3, -0.25) is 4.79 Å². The molecule has 1 fully saturated rings. The van der Waals surface area contributed by atoms with Crippen molar-refractivity contribution in [2.75, 3.05) is 19.7 Å². The van der Waals surface area contributed by atoms with Gasteiger partial charge in [-0.25, -0.2) is 13.2 Å². The summed E-state index contributed by atoms with van der Waals surface area (Å²) < 4.78 is 32.4. The van der Waals surface area contributed by atoms with Gasteiger partial charge in [0.1, 0.15) is 0 Å². The number of nitrogens with one attached hydrogen (secondary N) is 1. The highest BCUT2D eigenvalue weighted by Crippen LogP contribution is 2.24. The number of ether oxygens (including phenoxy) is 1. The van der Waals surface area contributed by atoms with E-state index in [1.54, 1.807) is 13.0 Å². The summed E-state index contributed by atoms with van der Waals surface area (Å²) in [7, 11) is -3.66. The second-order valence-electron chi connectivity index (χ2n) is 7.28. The lowest BCUT2D eigenvalue weighted by atomic mass is 10.1. The quantitative estimate of drug-likeness (QED) is 0.665. The van der Waals surface area contributed by atoms with Gasteiger partial charge in [-0.05, 0) is 50.8 Å². The van der Waals surface area contributed by atoms with E-state index >= 15 is 0 Å². The van der Waals surface area contributed by atoms with Crippen molar-refractivity contribution in [3.63, 3.8) is 0 Å². The number of amides is 1. The molecule has 0 aromatic heterocycles. The van der Waals surface area contributed by atoms with Gasteiger partial charge in [-0.2, -0.15) is 4.31 Å². The van der Waals surface area contributed by atoms with Gasteiger partial charge in [0.15, 0.2) is 6.61 Å². The molecule has 0 radical (unpaired) electrons. The number of nitrogens with zero attached hydrogens (tertiary/aromatic N) is 1. The molecule has 1 amide bonds. The van der Waals surface area contributed by atoms with Crippen LogP contribution in [0.2, 0.25) is 0 Å². The first-order chi connectivity index (χ1) is 13.3. The normalized spacial score (nSPS) is 16.4. The molecule has 1 saturated heterocycles. The zero-order valence-electron chi connectivity index (χ0n) is 16.9. The fourth-order valence-electron chi connectivity index (χ4n) is 3.29. The van der Waals surface area contributed by atoms with E-state index < -0.39 is 22.6 Å². The maximum atomic E-state index is 12.9. The van der Waals surface area contributed by atoms with Crippen LogP contribution in [0.1, 0.15) is 61.9 Å². The van der Waals surface area contributed by atoms with Crippen LogP contribution in [-0.4, -0.2) is 50.3 Å². The summed E-state index contributed by atoms with van der Waals surface area (Å²) in [5.74, 6) is -1.09. The first-order valence-corrected chi connectivity index (χ1v) is 11.3. The minimum atomic E-state index is -3.66. The number of piperidine rings is 1. The van der Waals surface area contributed by atoms with Crippen LogP contribution in [0, 0.1) is 6.92 Å².